The minimum atomic E-state index is -0.201. The van der Waals surface area contributed by atoms with Crippen molar-refractivity contribution in [2.75, 3.05) is 44.7 Å². The van der Waals surface area contributed by atoms with Crippen LogP contribution in [0.4, 0.5) is 10.5 Å². The van der Waals surface area contributed by atoms with Gasteiger partial charge >= 0.3 is 6.03 Å². The van der Waals surface area contributed by atoms with Gasteiger partial charge in [0.25, 0.3) is 0 Å². The van der Waals surface area contributed by atoms with Crippen LogP contribution in [0.25, 0.3) is 5.69 Å². The lowest BCUT2D eigenvalue weighted by Gasteiger charge is -2.36. The number of urea groups is 1. The Labute approximate surface area is 162 Å². The number of likely N-dealkylation sites (tertiary alicyclic amines) is 1. The Morgan fingerprint density at radius 3 is 2.79 bits per heavy atom. The van der Waals surface area contributed by atoms with Crippen LogP contribution in [0.2, 0.25) is 0 Å². The Hall–Kier alpha value is -3.01. The first-order valence-electron chi connectivity index (χ1n) is 9.46. The van der Waals surface area contributed by atoms with Crippen molar-refractivity contribution >= 4 is 17.6 Å². The molecule has 2 saturated heterocycles. The Balaban J connectivity index is 1.38. The largest absolute Gasteiger partial charge is 0.378 e. The number of nitrogens with zero attached hydrogens (tertiary/aromatic N) is 6. The van der Waals surface area contributed by atoms with Crippen molar-refractivity contribution in [2.45, 2.75) is 12.8 Å². The van der Waals surface area contributed by atoms with Crippen molar-refractivity contribution in [2.24, 2.45) is 5.92 Å². The standard InChI is InChI=1S/C18H23N7O3/c26-17(23-7-9-28-10-8-23)14-3-2-6-24(12-14)18(27)20-15-4-1-5-16(11-15)25-13-19-21-22-25/h1,4-5,11,13-14H,2-3,6-10,12H2,(H,20,27)/t14-/m1/s1. The summed E-state index contributed by atoms with van der Waals surface area (Å²) in [4.78, 5) is 29.0. The fraction of sp³-hybridized carbons (Fsp3) is 0.500. The maximum absolute atomic E-state index is 12.7. The molecule has 10 heteroatoms. The molecular formula is C18H23N7O3. The number of benzene rings is 1. The smallest absolute Gasteiger partial charge is 0.321 e. The summed E-state index contributed by atoms with van der Waals surface area (Å²) in [6.07, 6.45) is 3.13. The van der Waals surface area contributed by atoms with Crippen LogP contribution in [0.5, 0.6) is 0 Å². The van der Waals surface area contributed by atoms with Gasteiger partial charge in [0.05, 0.1) is 24.8 Å². The van der Waals surface area contributed by atoms with Gasteiger partial charge in [-0.1, -0.05) is 6.07 Å². The van der Waals surface area contributed by atoms with Gasteiger partial charge in [-0.25, -0.2) is 9.48 Å². The number of tetrazole rings is 1. The van der Waals surface area contributed by atoms with E-state index in [9.17, 15) is 9.59 Å². The molecule has 1 aromatic carbocycles. The summed E-state index contributed by atoms with van der Waals surface area (Å²) in [6, 6.07) is 7.09. The molecule has 0 bridgehead atoms. The van der Waals surface area contributed by atoms with E-state index in [1.54, 1.807) is 11.0 Å². The highest BCUT2D eigenvalue weighted by molar-refractivity contribution is 5.90. The number of nitrogens with one attached hydrogen (secondary N) is 1. The highest BCUT2D eigenvalue weighted by atomic mass is 16.5. The minimum absolute atomic E-state index is 0.126. The number of ether oxygens (including phenoxy) is 1. The summed E-state index contributed by atoms with van der Waals surface area (Å²) in [5.41, 5.74) is 1.40. The Morgan fingerprint density at radius 2 is 2.00 bits per heavy atom. The zero-order valence-corrected chi connectivity index (χ0v) is 15.5. The molecule has 2 fully saturated rings. The van der Waals surface area contributed by atoms with Crippen molar-refractivity contribution in [3.8, 4) is 5.69 Å². The number of hydrogen-bond donors (Lipinski definition) is 1. The molecule has 2 aromatic rings. The van der Waals surface area contributed by atoms with Gasteiger partial charge in [0.15, 0.2) is 0 Å². The summed E-state index contributed by atoms with van der Waals surface area (Å²) in [5, 5.41) is 14.0. The van der Waals surface area contributed by atoms with Crippen LogP contribution in [-0.4, -0.2) is 81.3 Å². The summed E-state index contributed by atoms with van der Waals surface area (Å²) < 4.78 is 6.84. The molecule has 0 unspecified atom stereocenters. The van der Waals surface area contributed by atoms with Crippen molar-refractivity contribution in [3.63, 3.8) is 0 Å². The third-order valence-electron chi connectivity index (χ3n) is 5.09. The lowest BCUT2D eigenvalue weighted by atomic mass is 9.96. The first kappa shape index (κ1) is 18.4. The van der Waals surface area contributed by atoms with E-state index in [1.165, 1.54) is 11.0 Å². The van der Waals surface area contributed by atoms with Crippen molar-refractivity contribution in [3.05, 3.63) is 30.6 Å². The lowest BCUT2D eigenvalue weighted by molar-refractivity contribution is -0.141. The maximum atomic E-state index is 12.7. The van der Waals surface area contributed by atoms with Gasteiger partial charge in [0, 0.05) is 31.9 Å². The van der Waals surface area contributed by atoms with Gasteiger partial charge < -0.3 is 19.9 Å². The van der Waals surface area contributed by atoms with E-state index in [-0.39, 0.29) is 17.9 Å². The van der Waals surface area contributed by atoms with E-state index in [0.717, 1.165) is 18.5 Å². The first-order chi connectivity index (χ1) is 13.7. The van der Waals surface area contributed by atoms with Gasteiger partial charge in [-0.3, -0.25) is 4.79 Å². The van der Waals surface area contributed by atoms with Gasteiger partial charge in [0.1, 0.15) is 6.33 Å². The SMILES string of the molecule is O=C(Nc1cccc(-n2cnnn2)c1)N1CCC[C@@H](C(=O)N2CCOCC2)C1. The molecule has 10 nitrogen and oxygen atoms in total. The van der Waals surface area contributed by atoms with Crippen molar-refractivity contribution < 1.29 is 14.3 Å². The predicted octanol–water partition coefficient (Wildman–Crippen LogP) is 0.765. The first-order valence-corrected chi connectivity index (χ1v) is 9.46. The normalized spacial score (nSPS) is 20.1. The molecule has 2 aliphatic heterocycles. The Morgan fingerprint density at radius 1 is 1.14 bits per heavy atom. The van der Waals surface area contributed by atoms with Gasteiger partial charge in [-0.2, -0.15) is 0 Å². The second kappa shape index (κ2) is 8.34. The molecule has 1 N–H and O–H groups in total. The topological polar surface area (TPSA) is 105 Å². The molecule has 0 radical (unpaired) electrons. The van der Waals surface area contributed by atoms with E-state index in [0.29, 0.717) is 45.1 Å². The molecule has 3 heterocycles. The van der Waals surface area contributed by atoms with Crippen LogP contribution in [0.15, 0.2) is 30.6 Å². The quantitative estimate of drug-likeness (QED) is 0.836. The second-order valence-electron chi connectivity index (χ2n) is 6.96. The third-order valence-corrected chi connectivity index (χ3v) is 5.09. The molecular weight excluding hydrogens is 362 g/mol. The van der Waals surface area contributed by atoms with Crippen LogP contribution in [-0.2, 0) is 9.53 Å². The number of anilines is 1. The summed E-state index contributed by atoms with van der Waals surface area (Å²) in [5.74, 6) is -0.0216. The molecule has 148 valence electrons. The molecule has 0 saturated carbocycles. The lowest BCUT2D eigenvalue weighted by Crippen LogP contribution is -2.50. The number of carbonyl (C=O) groups excluding carboxylic acids is 2. The van der Waals surface area contributed by atoms with Gasteiger partial charge in [0.2, 0.25) is 5.91 Å². The molecule has 0 aliphatic carbocycles. The van der Waals surface area contributed by atoms with Gasteiger partial charge in [-0.15, -0.1) is 5.10 Å². The third kappa shape index (κ3) is 4.11. The number of hydrogen-bond acceptors (Lipinski definition) is 6. The van der Waals surface area contributed by atoms with Crippen LogP contribution in [0.3, 0.4) is 0 Å². The Kier molecular flexibility index (Phi) is 5.47. The fourth-order valence-electron chi connectivity index (χ4n) is 3.61. The molecule has 28 heavy (non-hydrogen) atoms. The average molecular weight is 385 g/mol. The number of aromatic nitrogens is 4. The number of rotatable bonds is 3. The van der Waals surface area contributed by atoms with Gasteiger partial charge in [-0.05, 0) is 41.5 Å². The minimum Gasteiger partial charge on any atom is -0.378 e. The highest BCUT2D eigenvalue weighted by Crippen LogP contribution is 2.21. The zero-order valence-electron chi connectivity index (χ0n) is 15.5. The fourth-order valence-corrected chi connectivity index (χ4v) is 3.61. The molecule has 1 atom stereocenters. The number of amides is 3. The van der Waals surface area contributed by atoms with Crippen LogP contribution >= 0.6 is 0 Å². The van der Waals surface area contributed by atoms with E-state index in [4.69, 9.17) is 4.74 Å². The van der Waals surface area contributed by atoms with Crippen molar-refractivity contribution in [1.82, 2.24) is 30.0 Å². The van der Waals surface area contributed by atoms with E-state index in [1.807, 2.05) is 23.1 Å². The summed E-state index contributed by atoms with van der Waals surface area (Å²) in [6.45, 7) is 3.51. The summed E-state index contributed by atoms with van der Waals surface area (Å²) >= 11 is 0. The van der Waals surface area contributed by atoms with Crippen LogP contribution < -0.4 is 5.32 Å². The predicted molar refractivity (Wildman–Crippen MR) is 99.9 cm³/mol. The molecule has 4 rings (SSSR count). The highest BCUT2D eigenvalue weighted by Gasteiger charge is 2.31. The molecule has 0 spiro atoms. The average Bonchev–Trinajstić information content (AvgIpc) is 3.29. The van der Waals surface area contributed by atoms with Crippen LogP contribution in [0, 0.1) is 5.92 Å². The second-order valence-corrected chi connectivity index (χ2v) is 6.96. The van der Waals surface area contributed by atoms with E-state index < -0.39 is 0 Å². The maximum Gasteiger partial charge on any atom is 0.321 e. The number of morpholine rings is 1. The van der Waals surface area contributed by atoms with Crippen LogP contribution in [0.1, 0.15) is 12.8 Å². The molecule has 1 aromatic heterocycles. The molecule has 2 aliphatic rings. The zero-order chi connectivity index (χ0) is 19.3. The summed E-state index contributed by atoms with van der Waals surface area (Å²) in [7, 11) is 0. The molecule has 3 amide bonds. The van der Waals surface area contributed by atoms with Crippen molar-refractivity contribution in [1.29, 1.82) is 0 Å². The number of piperidine rings is 1. The van der Waals surface area contributed by atoms with E-state index in [2.05, 4.69) is 20.8 Å². The van der Waals surface area contributed by atoms with E-state index >= 15 is 0 Å². The monoisotopic (exact) mass is 385 g/mol. The number of carbonyl (C=O) groups is 2. The Bertz CT molecular complexity index is 820.